The molecule has 0 saturated heterocycles. The molecule has 0 bridgehead atoms. The van der Waals surface area contributed by atoms with E-state index in [1.165, 1.54) is 4.31 Å². The first-order valence-corrected chi connectivity index (χ1v) is 7.71. The van der Waals surface area contributed by atoms with Gasteiger partial charge in [0, 0.05) is 16.7 Å². The van der Waals surface area contributed by atoms with E-state index in [2.05, 4.69) is 22.6 Å². The van der Waals surface area contributed by atoms with Gasteiger partial charge in [0.25, 0.3) is 0 Å². The van der Waals surface area contributed by atoms with E-state index >= 15 is 0 Å². The molecule has 1 rings (SSSR count). The highest BCUT2D eigenvalue weighted by molar-refractivity contribution is 14.1. The third kappa shape index (κ3) is 2.75. The molecule has 0 amide bonds. The zero-order valence-electron chi connectivity index (χ0n) is 9.70. The van der Waals surface area contributed by atoms with Crippen molar-refractivity contribution in [2.24, 2.45) is 0 Å². The van der Waals surface area contributed by atoms with Crippen LogP contribution in [0.5, 0.6) is 0 Å². The molecule has 0 aromatic heterocycles. The van der Waals surface area contributed by atoms with Gasteiger partial charge in [-0.2, -0.15) is 4.31 Å². The molecule has 0 saturated carbocycles. The summed E-state index contributed by atoms with van der Waals surface area (Å²) in [6.07, 6.45) is 0. The minimum absolute atomic E-state index is 0.414. The Hall–Kier alpha value is -0.140. The van der Waals surface area contributed by atoms with Crippen LogP contribution in [-0.2, 0) is 10.0 Å². The summed E-state index contributed by atoms with van der Waals surface area (Å²) in [5.41, 5.74) is 0.964. The first-order valence-electron chi connectivity index (χ1n) is 5.19. The number of halogens is 1. The SMILES string of the molecule is CCN(CC)S(=O)(=O)c1cc(C)ccc1I. The molecule has 0 aliphatic rings. The second-order valence-corrected chi connectivity index (χ2v) is 6.59. The van der Waals surface area contributed by atoms with Gasteiger partial charge in [0.05, 0.1) is 4.90 Å². The van der Waals surface area contributed by atoms with Crippen LogP contribution in [0.3, 0.4) is 0 Å². The minimum atomic E-state index is -3.33. The van der Waals surface area contributed by atoms with Crippen molar-refractivity contribution in [2.75, 3.05) is 13.1 Å². The summed E-state index contributed by atoms with van der Waals surface area (Å²) in [5, 5.41) is 0. The predicted octanol–water partition coefficient (Wildman–Crippen LogP) is 2.63. The molecular weight excluding hydrogens is 337 g/mol. The van der Waals surface area contributed by atoms with Crippen molar-refractivity contribution >= 4 is 32.6 Å². The van der Waals surface area contributed by atoms with Gasteiger partial charge in [-0.1, -0.05) is 19.9 Å². The first kappa shape index (κ1) is 13.9. The molecule has 0 spiro atoms. The maximum atomic E-state index is 12.3. The second kappa shape index (κ2) is 5.46. The molecule has 0 radical (unpaired) electrons. The van der Waals surface area contributed by atoms with E-state index in [9.17, 15) is 8.42 Å². The third-order valence-electron chi connectivity index (χ3n) is 2.41. The lowest BCUT2D eigenvalue weighted by Gasteiger charge is -2.19. The van der Waals surface area contributed by atoms with E-state index in [0.717, 1.165) is 9.13 Å². The Balaban J connectivity index is 3.31. The summed E-state index contributed by atoms with van der Waals surface area (Å²) < 4.78 is 26.8. The normalized spacial score (nSPS) is 12.1. The molecule has 0 atom stereocenters. The lowest BCUT2D eigenvalue weighted by Crippen LogP contribution is -2.31. The first-order chi connectivity index (χ1) is 7.43. The highest BCUT2D eigenvalue weighted by Gasteiger charge is 2.23. The van der Waals surface area contributed by atoms with E-state index in [-0.39, 0.29) is 0 Å². The fourth-order valence-electron chi connectivity index (χ4n) is 1.51. The van der Waals surface area contributed by atoms with Crippen LogP contribution in [-0.4, -0.2) is 25.8 Å². The van der Waals surface area contributed by atoms with Crippen LogP contribution in [0.4, 0.5) is 0 Å². The van der Waals surface area contributed by atoms with Crippen molar-refractivity contribution in [3.63, 3.8) is 0 Å². The van der Waals surface area contributed by atoms with Crippen LogP contribution >= 0.6 is 22.6 Å². The van der Waals surface area contributed by atoms with Crippen LogP contribution in [0.15, 0.2) is 23.1 Å². The van der Waals surface area contributed by atoms with E-state index in [1.807, 2.05) is 32.9 Å². The molecule has 0 N–H and O–H groups in total. The molecule has 5 heteroatoms. The smallest absolute Gasteiger partial charge is 0.207 e. The van der Waals surface area contributed by atoms with Crippen molar-refractivity contribution < 1.29 is 8.42 Å². The Bertz CT molecular complexity index is 467. The topological polar surface area (TPSA) is 37.4 Å². The maximum Gasteiger partial charge on any atom is 0.244 e. The molecular formula is C11H16INO2S. The van der Waals surface area contributed by atoms with E-state index < -0.39 is 10.0 Å². The number of benzene rings is 1. The Labute approximate surface area is 111 Å². The zero-order valence-corrected chi connectivity index (χ0v) is 12.7. The standard InChI is InChI=1S/C11H16INO2S/c1-4-13(5-2)16(14,15)11-8-9(3)6-7-10(11)12/h6-8H,4-5H2,1-3H3. The van der Waals surface area contributed by atoms with Crippen LogP contribution in [0.1, 0.15) is 19.4 Å². The predicted molar refractivity (Wildman–Crippen MR) is 74.0 cm³/mol. The zero-order chi connectivity index (χ0) is 12.3. The third-order valence-corrected chi connectivity index (χ3v) is 5.81. The van der Waals surface area contributed by atoms with Gasteiger partial charge < -0.3 is 0 Å². The number of sulfonamides is 1. The fourth-order valence-corrected chi connectivity index (χ4v) is 4.29. The van der Waals surface area contributed by atoms with Gasteiger partial charge in [-0.3, -0.25) is 0 Å². The van der Waals surface area contributed by atoms with Gasteiger partial charge in [0.1, 0.15) is 0 Å². The van der Waals surface area contributed by atoms with Gasteiger partial charge in [-0.15, -0.1) is 0 Å². The van der Waals surface area contributed by atoms with E-state index in [4.69, 9.17) is 0 Å². The van der Waals surface area contributed by atoms with Crippen molar-refractivity contribution in [3.8, 4) is 0 Å². The Morgan fingerprint density at radius 1 is 1.25 bits per heavy atom. The summed E-state index contributed by atoms with van der Waals surface area (Å²) >= 11 is 2.06. The number of aryl methyl sites for hydroxylation is 1. The minimum Gasteiger partial charge on any atom is -0.207 e. The molecule has 3 nitrogen and oxygen atoms in total. The summed E-state index contributed by atoms with van der Waals surface area (Å²) in [7, 11) is -3.33. The molecule has 0 unspecified atom stereocenters. The number of hydrogen-bond acceptors (Lipinski definition) is 2. The lowest BCUT2D eigenvalue weighted by molar-refractivity contribution is 0.445. The van der Waals surface area contributed by atoms with E-state index in [1.54, 1.807) is 6.07 Å². The number of rotatable bonds is 4. The summed E-state index contributed by atoms with van der Waals surface area (Å²) in [4.78, 5) is 0.414. The quantitative estimate of drug-likeness (QED) is 0.781. The van der Waals surface area contributed by atoms with Crippen molar-refractivity contribution in [1.29, 1.82) is 0 Å². The van der Waals surface area contributed by atoms with Crippen molar-refractivity contribution in [1.82, 2.24) is 4.31 Å². The highest BCUT2D eigenvalue weighted by Crippen LogP contribution is 2.22. The summed E-state index contributed by atoms with van der Waals surface area (Å²) in [5.74, 6) is 0. The molecule has 1 aromatic rings. The fraction of sp³-hybridized carbons (Fsp3) is 0.455. The lowest BCUT2D eigenvalue weighted by atomic mass is 10.2. The van der Waals surface area contributed by atoms with E-state index in [0.29, 0.717) is 18.0 Å². The summed E-state index contributed by atoms with van der Waals surface area (Å²) in [6, 6.07) is 5.49. The second-order valence-electron chi connectivity index (χ2n) is 3.52. The van der Waals surface area contributed by atoms with Crippen molar-refractivity contribution in [2.45, 2.75) is 25.7 Å². The molecule has 0 aliphatic heterocycles. The largest absolute Gasteiger partial charge is 0.244 e. The molecule has 16 heavy (non-hydrogen) atoms. The average Bonchev–Trinajstić information content (AvgIpc) is 2.23. The maximum absolute atomic E-state index is 12.3. The average molecular weight is 353 g/mol. The highest BCUT2D eigenvalue weighted by atomic mass is 127. The number of nitrogens with zero attached hydrogens (tertiary/aromatic N) is 1. The Morgan fingerprint density at radius 3 is 2.31 bits per heavy atom. The molecule has 1 aromatic carbocycles. The molecule has 0 heterocycles. The Kier molecular flexibility index (Phi) is 4.75. The molecule has 0 fully saturated rings. The van der Waals surface area contributed by atoms with Gasteiger partial charge >= 0.3 is 0 Å². The summed E-state index contributed by atoms with van der Waals surface area (Å²) in [6.45, 7) is 6.61. The van der Waals surface area contributed by atoms with Gasteiger partial charge in [0.2, 0.25) is 10.0 Å². The molecule has 0 aliphatic carbocycles. The van der Waals surface area contributed by atoms with Crippen molar-refractivity contribution in [3.05, 3.63) is 27.3 Å². The van der Waals surface area contributed by atoms with Gasteiger partial charge in [-0.25, -0.2) is 8.42 Å². The molecule has 90 valence electrons. The van der Waals surface area contributed by atoms with Crippen LogP contribution in [0.25, 0.3) is 0 Å². The van der Waals surface area contributed by atoms with Gasteiger partial charge in [-0.05, 0) is 47.2 Å². The van der Waals surface area contributed by atoms with Crippen LogP contribution in [0, 0.1) is 10.5 Å². The number of hydrogen-bond donors (Lipinski definition) is 0. The van der Waals surface area contributed by atoms with Crippen LogP contribution < -0.4 is 0 Å². The Morgan fingerprint density at radius 2 is 1.81 bits per heavy atom. The van der Waals surface area contributed by atoms with Crippen LogP contribution in [0.2, 0.25) is 0 Å². The monoisotopic (exact) mass is 353 g/mol. The van der Waals surface area contributed by atoms with Gasteiger partial charge in [0.15, 0.2) is 0 Å².